The summed E-state index contributed by atoms with van der Waals surface area (Å²) in [5, 5.41) is 5.60. The number of aromatic nitrogens is 2. The van der Waals surface area contributed by atoms with Gasteiger partial charge >= 0.3 is 6.03 Å². The summed E-state index contributed by atoms with van der Waals surface area (Å²) in [4.78, 5) is 24.2. The first-order valence-electron chi connectivity index (χ1n) is 13.0. The zero-order valence-electron chi connectivity index (χ0n) is 21.7. The van der Waals surface area contributed by atoms with Crippen LogP contribution in [0.2, 0.25) is 0 Å². The van der Waals surface area contributed by atoms with E-state index in [1.165, 1.54) is 0 Å². The highest BCUT2D eigenvalue weighted by atomic mass is 32.2. The molecule has 38 heavy (non-hydrogen) atoms. The topological polar surface area (TPSA) is 114 Å². The molecular weight excluding hydrogens is 502 g/mol. The van der Waals surface area contributed by atoms with Gasteiger partial charge in [-0.25, -0.2) is 23.2 Å². The van der Waals surface area contributed by atoms with Crippen molar-refractivity contribution >= 4 is 27.4 Å². The number of hydrogen-bond donors (Lipinski definition) is 2. The molecule has 2 amide bonds. The number of sulfone groups is 1. The van der Waals surface area contributed by atoms with Gasteiger partial charge in [0.25, 0.3) is 0 Å². The van der Waals surface area contributed by atoms with E-state index >= 15 is 0 Å². The molecule has 3 aromatic rings. The van der Waals surface area contributed by atoms with Crippen molar-refractivity contribution in [3.63, 3.8) is 0 Å². The fourth-order valence-corrected chi connectivity index (χ4v) is 6.72. The van der Waals surface area contributed by atoms with Gasteiger partial charge < -0.3 is 20.3 Å². The van der Waals surface area contributed by atoms with Crippen LogP contribution in [0.5, 0.6) is 0 Å². The molecule has 2 aromatic carbocycles. The summed E-state index contributed by atoms with van der Waals surface area (Å²) in [5.74, 6) is 1.14. The second-order valence-electron chi connectivity index (χ2n) is 9.82. The maximum atomic E-state index is 13.8. The van der Waals surface area contributed by atoms with E-state index in [0.717, 1.165) is 12.0 Å². The van der Waals surface area contributed by atoms with Gasteiger partial charge in [-0.1, -0.05) is 25.1 Å². The Balaban J connectivity index is 1.53. The van der Waals surface area contributed by atoms with Gasteiger partial charge in [0, 0.05) is 30.4 Å². The van der Waals surface area contributed by atoms with Crippen LogP contribution in [0.1, 0.15) is 38.8 Å². The number of nitrogens with zero attached hydrogens (tertiary/aromatic N) is 3. The van der Waals surface area contributed by atoms with Crippen molar-refractivity contribution in [2.75, 3.05) is 36.5 Å². The summed E-state index contributed by atoms with van der Waals surface area (Å²) in [7, 11) is -3.66. The molecule has 0 unspecified atom stereocenters. The van der Waals surface area contributed by atoms with Crippen LogP contribution >= 0.6 is 0 Å². The maximum absolute atomic E-state index is 13.8. The summed E-state index contributed by atoms with van der Waals surface area (Å²) >= 11 is 0. The van der Waals surface area contributed by atoms with Gasteiger partial charge in [0.15, 0.2) is 15.7 Å². The number of rotatable bonds is 8. The molecule has 1 saturated carbocycles. The number of morpholine rings is 1. The normalized spacial score (nSPS) is 18.6. The van der Waals surface area contributed by atoms with Crippen LogP contribution in [0, 0.1) is 0 Å². The standard InChI is InChI=1S/C28H33N5O4S/c1-3-15-29-27(34)30-22-11-9-21(10-12-22)26-31-24(18-25(32-26)33-16-17-37-19-20(33)2)28(13-14-28)38(35,36)23-7-5-4-6-8-23/h4-12,18,20H,3,13-17,19H2,1-2H3,(H2,29,30,34)/t20-/m0/s1. The number of hydrogen-bond acceptors (Lipinski definition) is 7. The minimum atomic E-state index is -3.66. The Morgan fingerprint density at radius 3 is 2.50 bits per heavy atom. The van der Waals surface area contributed by atoms with Crippen molar-refractivity contribution in [2.45, 2.75) is 48.8 Å². The lowest BCUT2D eigenvalue weighted by molar-refractivity contribution is 0.0985. The Morgan fingerprint density at radius 1 is 1.11 bits per heavy atom. The maximum Gasteiger partial charge on any atom is 0.319 e. The lowest BCUT2D eigenvalue weighted by atomic mass is 10.1. The van der Waals surface area contributed by atoms with Crippen LogP contribution in [0.15, 0.2) is 65.6 Å². The number of urea groups is 1. The molecule has 0 radical (unpaired) electrons. The van der Waals surface area contributed by atoms with Gasteiger partial charge in [-0.15, -0.1) is 0 Å². The molecule has 2 aliphatic rings. The summed E-state index contributed by atoms with van der Waals surface area (Å²) in [6.07, 6.45) is 1.87. The highest BCUT2D eigenvalue weighted by Gasteiger charge is 2.58. The third-order valence-electron chi connectivity index (χ3n) is 7.05. The van der Waals surface area contributed by atoms with Crippen LogP contribution in [-0.4, -0.2) is 56.8 Å². The smallest absolute Gasteiger partial charge is 0.319 e. The van der Waals surface area contributed by atoms with Crippen molar-refractivity contribution in [1.29, 1.82) is 0 Å². The average molecular weight is 536 g/mol. The SMILES string of the molecule is CCCNC(=O)Nc1ccc(-c2nc(N3CCOC[C@@H]3C)cc(C3(S(=O)(=O)c4ccccc4)CC3)n2)cc1. The van der Waals surface area contributed by atoms with Gasteiger partial charge in [-0.3, -0.25) is 0 Å². The van der Waals surface area contributed by atoms with Crippen molar-refractivity contribution in [3.8, 4) is 11.4 Å². The Hall–Kier alpha value is -3.50. The molecule has 1 atom stereocenters. The van der Waals surface area contributed by atoms with Crippen LogP contribution < -0.4 is 15.5 Å². The van der Waals surface area contributed by atoms with Crippen LogP contribution in [0.25, 0.3) is 11.4 Å². The fourth-order valence-electron chi connectivity index (χ4n) is 4.73. The van der Waals surface area contributed by atoms with E-state index in [1.54, 1.807) is 36.4 Å². The van der Waals surface area contributed by atoms with E-state index in [0.29, 0.717) is 67.1 Å². The minimum Gasteiger partial charge on any atom is -0.377 e. The molecule has 2 heterocycles. The first-order valence-corrected chi connectivity index (χ1v) is 14.5. The Labute approximate surface area is 223 Å². The van der Waals surface area contributed by atoms with E-state index in [1.807, 2.05) is 31.2 Å². The van der Waals surface area contributed by atoms with Gasteiger partial charge in [0.2, 0.25) is 0 Å². The number of nitrogens with one attached hydrogen (secondary N) is 2. The summed E-state index contributed by atoms with van der Waals surface area (Å²) in [6, 6.07) is 17.5. The molecule has 2 fully saturated rings. The predicted molar refractivity (Wildman–Crippen MR) is 147 cm³/mol. The third-order valence-corrected chi connectivity index (χ3v) is 9.59. The Kier molecular flexibility index (Phi) is 7.36. The number of amides is 2. The molecule has 0 bridgehead atoms. The minimum absolute atomic E-state index is 0.0912. The first-order chi connectivity index (χ1) is 18.3. The van der Waals surface area contributed by atoms with Gasteiger partial charge in [0.05, 0.1) is 29.8 Å². The Bertz CT molecular complexity index is 1390. The van der Waals surface area contributed by atoms with Gasteiger partial charge in [-0.2, -0.15) is 0 Å². The summed E-state index contributed by atoms with van der Waals surface area (Å²) < 4.78 is 32.1. The quantitative estimate of drug-likeness (QED) is 0.441. The molecule has 5 rings (SSSR count). The molecule has 0 spiro atoms. The molecule has 9 nitrogen and oxygen atoms in total. The first kappa shape index (κ1) is 26.1. The second-order valence-corrected chi connectivity index (χ2v) is 12.1. The molecule has 10 heteroatoms. The largest absolute Gasteiger partial charge is 0.377 e. The molecule has 1 aromatic heterocycles. The highest BCUT2D eigenvalue weighted by molar-refractivity contribution is 7.92. The zero-order valence-corrected chi connectivity index (χ0v) is 22.5. The highest BCUT2D eigenvalue weighted by Crippen LogP contribution is 2.55. The van der Waals surface area contributed by atoms with Crippen molar-refractivity contribution in [3.05, 3.63) is 66.4 Å². The van der Waals surface area contributed by atoms with Crippen molar-refractivity contribution < 1.29 is 17.9 Å². The molecule has 2 N–H and O–H groups in total. The molecular formula is C28H33N5O4S. The number of anilines is 2. The van der Waals surface area contributed by atoms with Crippen LogP contribution in [0.4, 0.5) is 16.3 Å². The number of carbonyl (C=O) groups excluding carboxylic acids is 1. The number of ether oxygens (including phenoxy) is 1. The fraction of sp³-hybridized carbons (Fsp3) is 0.393. The zero-order chi connectivity index (χ0) is 26.8. The van der Waals surface area contributed by atoms with E-state index in [2.05, 4.69) is 22.5 Å². The van der Waals surface area contributed by atoms with Crippen LogP contribution in [-0.2, 0) is 19.3 Å². The lowest BCUT2D eigenvalue weighted by Gasteiger charge is -2.34. The summed E-state index contributed by atoms with van der Waals surface area (Å²) in [6.45, 7) is 6.46. The second kappa shape index (κ2) is 10.7. The number of carbonyl (C=O) groups is 1. The summed E-state index contributed by atoms with van der Waals surface area (Å²) in [5.41, 5.74) is 1.90. The van der Waals surface area contributed by atoms with E-state index in [-0.39, 0.29) is 12.1 Å². The van der Waals surface area contributed by atoms with Crippen molar-refractivity contribution in [2.24, 2.45) is 0 Å². The molecule has 1 aliphatic heterocycles. The van der Waals surface area contributed by atoms with E-state index in [4.69, 9.17) is 14.7 Å². The van der Waals surface area contributed by atoms with E-state index in [9.17, 15) is 13.2 Å². The van der Waals surface area contributed by atoms with Crippen molar-refractivity contribution in [1.82, 2.24) is 15.3 Å². The third kappa shape index (κ3) is 5.10. The Morgan fingerprint density at radius 2 is 1.84 bits per heavy atom. The molecule has 1 saturated heterocycles. The van der Waals surface area contributed by atoms with Crippen LogP contribution in [0.3, 0.4) is 0 Å². The number of benzene rings is 2. The average Bonchev–Trinajstić information content (AvgIpc) is 3.76. The molecule has 200 valence electrons. The monoisotopic (exact) mass is 535 g/mol. The lowest BCUT2D eigenvalue weighted by Crippen LogP contribution is -2.44. The van der Waals surface area contributed by atoms with Gasteiger partial charge in [0.1, 0.15) is 10.6 Å². The van der Waals surface area contributed by atoms with Gasteiger partial charge in [-0.05, 0) is 62.6 Å². The molecule has 1 aliphatic carbocycles. The predicted octanol–water partition coefficient (Wildman–Crippen LogP) is 4.36. The van der Waals surface area contributed by atoms with E-state index < -0.39 is 14.6 Å².